The molecule has 1 radical (unpaired) electrons. The van der Waals surface area contributed by atoms with Crippen molar-refractivity contribution in [3.8, 4) is 22.6 Å². The minimum absolute atomic E-state index is 0. The van der Waals surface area contributed by atoms with Gasteiger partial charge in [0.1, 0.15) is 0 Å². The molecular weight excluding hydrogens is 761 g/mol. The molecule has 7 aromatic rings. The molecule has 4 heterocycles. The Hall–Kier alpha value is -3.90. The zero-order valence-corrected chi connectivity index (χ0v) is 30.8. The summed E-state index contributed by atoms with van der Waals surface area (Å²) < 4.78 is 25.4. The molecule has 0 fully saturated rings. The number of rotatable bonds is 6. The zero-order valence-electron chi connectivity index (χ0n) is 29.4. The van der Waals surface area contributed by atoms with Gasteiger partial charge in [-0.25, -0.2) is 4.98 Å². The monoisotopic (exact) mass is 803 g/mol. The summed E-state index contributed by atoms with van der Waals surface area (Å²) in [6, 6.07) is 32.4. The number of pyridine rings is 2. The first kappa shape index (κ1) is 30.7. The van der Waals surface area contributed by atoms with Crippen molar-refractivity contribution in [1.29, 1.82) is 0 Å². The second-order valence-electron chi connectivity index (χ2n) is 12.6. The molecule has 0 aliphatic heterocycles. The fourth-order valence-corrected chi connectivity index (χ4v) is 7.05. The average Bonchev–Trinajstić information content (AvgIpc) is 3.62. The van der Waals surface area contributed by atoms with Crippen molar-refractivity contribution in [3.05, 3.63) is 108 Å². The molecule has 0 saturated carbocycles. The summed E-state index contributed by atoms with van der Waals surface area (Å²) in [5.74, 6) is 0.794. The molecule has 0 aliphatic rings. The number of imidazole rings is 1. The smallest absolute Gasteiger partial charge is 0.216 e. The Morgan fingerprint density at radius 2 is 1.72 bits per heavy atom. The van der Waals surface area contributed by atoms with E-state index in [0.29, 0.717) is 5.71 Å². The van der Waals surface area contributed by atoms with Crippen LogP contribution in [0.3, 0.4) is 0 Å². The van der Waals surface area contributed by atoms with Crippen LogP contribution >= 0.6 is 0 Å². The molecule has 5 nitrogen and oxygen atoms in total. The van der Waals surface area contributed by atoms with Gasteiger partial charge in [0.05, 0.1) is 30.5 Å². The van der Waals surface area contributed by atoms with E-state index < -0.39 is 14.4 Å². The molecule has 7 heteroatoms. The number of aromatic nitrogens is 4. The van der Waals surface area contributed by atoms with Gasteiger partial charge in [0.2, 0.25) is 5.71 Å². The minimum Gasteiger partial charge on any atom is -0.486 e. The van der Waals surface area contributed by atoms with Gasteiger partial charge in [-0.2, -0.15) is 0 Å². The van der Waals surface area contributed by atoms with E-state index in [1.165, 1.54) is 0 Å². The third-order valence-electron chi connectivity index (χ3n) is 7.77. The topological polar surface area (TPSA) is 56.7 Å². The Morgan fingerprint density at radius 1 is 0.935 bits per heavy atom. The Balaban J connectivity index is 0.000000186. The molecule has 7 rings (SSSR count). The van der Waals surface area contributed by atoms with Crippen molar-refractivity contribution in [3.63, 3.8) is 0 Å². The normalized spacial score (nSPS) is 12.5. The van der Waals surface area contributed by atoms with Crippen molar-refractivity contribution in [1.82, 2.24) is 19.5 Å². The number of benzene rings is 3. The molecule has 237 valence electrons. The molecule has 0 N–H and O–H groups in total. The molecule has 0 unspecified atom stereocenters. The third kappa shape index (κ3) is 6.78. The summed E-state index contributed by atoms with van der Waals surface area (Å²) in [6.45, 7) is 15.5. The van der Waals surface area contributed by atoms with E-state index in [9.17, 15) is 0 Å². The van der Waals surface area contributed by atoms with Crippen LogP contribution in [-0.4, -0.2) is 27.6 Å². The van der Waals surface area contributed by atoms with Crippen LogP contribution in [0.25, 0.3) is 55.7 Å². The molecule has 0 amide bonds. The molecule has 0 atom stereocenters. The van der Waals surface area contributed by atoms with Gasteiger partial charge in [-0.05, 0) is 61.3 Å². The van der Waals surface area contributed by atoms with Crippen molar-refractivity contribution >= 4 is 46.4 Å². The molecule has 46 heavy (non-hydrogen) atoms. The largest absolute Gasteiger partial charge is 0.486 e. The molecule has 0 aliphatic carbocycles. The predicted octanol–water partition coefficient (Wildman–Crippen LogP) is 9.42. The van der Waals surface area contributed by atoms with E-state index in [0.717, 1.165) is 73.0 Å². The summed E-state index contributed by atoms with van der Waals surface area (Å²) in [5.41, 5.74) is 7.88. The van der Waals surface area contributed by atoms with Crippen LogP contribution in [0.5, 0.6) is 0 Å². The van der Waals surface area contributed by atoms with E-state index in [2.05, 4.69) is 65.4 Å². The molecule has 4 aromatic heterocycles. The Labute approximate surface area is 289 Å². The fraction of sp³-hybridized carbons (Fsp3) is 0.256. The first-order valence-corrected chi connectivity index (χ1v) is 19.0. The first-order valence-electron chi connectivity index (χ1n) is 16.5. The van der Waals surface area contributed by atoms with Crippen molar-refractivity contribution in [2.45, 2.75) is 60.3 Å². The molecule has 0 saturated heterocycles. The van der Waals surface area contributed by atoms with Crippen molar-refractivity contribution in [2.24, 2.45) is 5.92 Å². The number of nitrogens with zero attached hydrogens (tertiary/aromatic N) is 4. The number of hydrogen-bond acceptors (Lipinski definition) is 4. The quantitative estimate of drug-likeness (QED) is 0.124. The van der Waals surface area contributed by atoms with Gasteiger partial charge in [-0.3, -0.25) is 4.98 Å². The summed E-state index contributed by atoms with van der Waals surface area (Å²) >= 11 is 0. The first-order chi connectivity index (χ1) is 22.4. The molecular formula is C39H40IrN4OSi-2. The van der Waals surface area contributed by atoms with Crippen LogP contribution in [-0.2, 0) is 33.0 Å². The average molecular weight is 803 g/mol. The Kier molecular flexibility index (Phi) is 9.25. The van der Waals surface area contributed by atoms with Crippen LogP contribution in [0.1, 0.15) is 34.8 Å². The second-order valence-corrected chi connectivity index (χ2v) is 17.7. The van der Waals surface area contributed by atoms with Gasteiger partial charge in [0, 0.05) is 46.7 Å². The maximum Gasteiger partial charge on any atom is 0.216 e. The van der Waals surface area contributed by atoms with Crippen LogP contribution in [0, 0.1) is 25.0 Å². The van der Waals surface area contributed by atoms with E-state index in [-0.39, 0.29) is 26.0 Å². The van der Waals surface area contributed by atoms with Gasteiger partial charge >= 0.3 is 0 Å². The van der Waals surface area contributed by atoms with E-state index in [1.807, 2.05) is 93.7 Å². The van der Waals surface area contributed by atoms with E-state index in [4.69, 9.17) is 12.1 Å². The second kappa shape index (κ2) is 13.8. The van der Waals surface area contributed by atoms with E-state index in [1.54, 1.807) is 0 Å². The van der Waals surface area contributed by atoms with Crippen LogP contribution < -0.4 is 5.19 Å². The summed E-state index contributed by atoms with van der Waals surface area (Å²) in [5, 5.41) is 3.17. The number of hydrogen-bond donors (Lipinski definition) is 0. The number of para-hydroxylation sites is 2. The summed E-state index contributed by atoms with van der Waals surface area (Å²) in [7, 11) is -1.67. The maximum absolute atomic E-state index is 8.55. The van der Waals surface area contributed by atoms with Crippen LogP contribution in [0.15, 0.2) is 89.5 Å². The van der Waals surface area contributed by atoms with Gasteiger partial charge in [-0.15, -0.1) is 54.1 Å². The minimum atomic E-state index is -1.67. The predicted molar refractivity (Wildman–Crippen MR) is 190 cm³/mol. The van der Waals surface area contributed by atoms with Gasteiger partial charge in [0.15, 0.2) is 0 Å². The van der Waals surface area contributed by atoms with Gasteiger partial charge in [-0.1, -0.05) is 68.2 Å². The van der Waals surface area contributed by atoms with Crippen LogP contribution in [0.2, 0.25) is 19.6 Å². The third-order valence-corrected chi connectivity index (χ3v) is 9.79. The SMILES string of the molecule is CCn1c(-c2[c-]ccc3c2oc2nc(C)ccc23)nc2ccccc21.[2H]C([2H])(c1cc(-c2[c-]cccc2)ncc1[Si](C)(C)C)C(C)C.[Ir]. The van der Waals surface area contributed by atoms with Crippen LogP contribution in [0.4, 0.5) is 0 Å². The van der Waals surface area contributed by atoms with Crippen molar-refractivity contribution < 1.29 is 27.3 Å². The summed E-state index contributed by atoms with van der Waals surface area (Å²) in [4.78, 5) is 14.0. The van der Waals surface area contributed by atoms with E-state index >= 15 is 0 Å². The number of aryl methyl sites for hydroxylation is 2. The zero-order chi connectivity index (χ0) is 33.5. The Morgan fingerprint density at radius 3 is 2.43 bits per heavy atom. The standard InChI is InChI=1S/C21H16N3O.C18H24NSi.Ir/c1-3-24-18-10-5-4-9-17(18)23-20(24)16-8-6-7-14-15-12-11-13(2)22-21(15)25-19(14)16;1-14(2)11-16-12-17(15-9-7-6-8-10-15)19-13-18(16)20(3,4)5;/h4-7,9-12H,3H2,1-2H3;6-9,12-14H,11H2,1-5H3;/q2*-1;/i;11D2;. The summed E-state index contributed by atoms with van der Waals surface area (Å²) in [6.07, 6.45) is 0.528. The van der Waals surface area contributed by atoms with Gasteiger partial charge in [0.25, 0.3) is 0 Å². The van der Waals surface area contributed by atoms with Gasteiger partial charge < -0.3 is 14.0 Å². The molecule has 3 aromatic carbocycles. The fourth-order valence-electron chi connectivity index (χ4n) is 5.65. The molecule has 0 bridgehead atoms. The van der Waals surface area contributed by atoms with Crippen molar-refractivity contribution in [2.75, 3.05) is 0 Å². The molecule has 0 spiro atoms. The number of furan rings is 1. The maximum atomic E-state index is 8.55. The number of fused-ring (bicyclic) bond motifs is 4. The Bertz CT molecular complexity index is 2200.